The Labute approximate surface area is 190 Å². The highest BCUT2D eigenvalue weighted by atomic mass is 32.2. The first kappa shape index (κ1) is 22.1. The van der Waals surface area contributed by atoms with Crippen LogP contribution in [0.4, 0.5) is 5.69 Å². The van der Waals surface area contributed by atoms with Crippen molar-refractivity contribution < 1.29 is 13.2 Å². The molecule has 1 heterocycles. The average molecular weight is 449 g/mol. The predicted octanol–water partition coefficient (Wildman–Crippen LogP) is 4.47. The molecule has 0 radical (unpaired) electrons. The first-order valence-corrected chi connectivity index (χ1v) is 12.6. The Kier molecular flexibility index (Phi) is 6.07. The minimum Gasteiger partial charge on any atom is -0.334 e. The molecule has 0 spiro atoms. The van der Waals surface area contributed by atoms with Crippen molar-refractivity contribution in [3.05, 3.63) is 100 Å². The predicted molar refractivity (Wildman–Crippen MR) is 128 cm³/mol. The van der Waals surface area contributed by atoms with Gasteiger partial charge < -0.3 is 4.90 Å². The third kappa shape index (κ3) is 4.86. The van der Waals surface area contributed by atoms with Gasteiger partial charge >= 0.3 is 0 Å². The van der Waals surface area contributed by atoms with Gasteiger partial charge in [0, 0.05) is 18.7 Å². The molecule has 4 rings (SSSR count). The van der Waals surface area contributed by atoms with Gasteiger partial charge in [-0.05, 0) is 72.4 Å². The lowest BCUT2D eigenvalue weighted by atomic mass is 9.99. The molecular weight excluding hydrogens is 420 g/mol. The summed E-state index contributed by atoms with van der Waals surface area (Å²) < 4.78 is 26.4. The van der Waals surface area contributed by atoms with Crippen molar-refractivity contribution in [1.29, 1.82) is 0 Å². The molecule has 0 N–H and O–H groups in total. The van der Waals surface area contributed by atoms with E-state index in [4.69, 9.17) is 0 Å². The SMILES string of the molecule is Cc1cc(C)cc(N(Cc2ccc(C(=O)N3CCc4ccccc4C3)cc2)S(C)(=O)=O)c1. The highest BCUT2D eigenvalue weighted by molar-refractivity contribution is 7.92. The molecule has 0 fully saturated rings. The van der Waals surface area contributed by atoms with E-state index in [0.717, 1.165) is 23.1 Å². The topological polar surface area (TPSA) is 57.7 Å². The van der Waals surface area contributed by atoms with Crippen LogP contribution in [0.3, 0.4) is 0 Å². The summed E-state index contributed by atoms with van der Waals surface area (Å²) in [5.41, 5.74) is 6.62. The minimum absolute atomic E-state index is 0.000307. The summed E-state index contributed by atoms with van der Waals surface area (Å²) in [5, 5.41) is 0. The summed E-state index contributed by atoms with van der Waals surface area (Å²) in [6, 6.07) is 21.3. The zero-order valence-electron chi connectivity index (χ0n) is 18.7. The van der Waals surface area contributed by atoms with Gasteiger partial charge in [-0.2, -0.15) is 0 Å². The third-order valence-electron chi connectivity index (χ3n) is 5.84. The third-order valence-corrected chi connectivity index (χ3v) is 6.98. The fourth-order valence-corrected chi connectivity index (χ4v) is 5.14. The fourth-order valence-electron chi connectivity index (χ4n) is 4.26. The molecule has 6 heteroatoms. The molecule has 0 aliphatic carbocycles. The fraction of sp³-hybridized carbons (Fsp3) is 0.269. The second kappa shape index (κ2) is 8.79. The molecule has 1 aliphatic heterocycles. The number of benzene rings is 3. The second-order valence-electron chi connectivity index (χ2n) is 8.56. The lowest BCUT2D eigenvalue weighted by Crippen LogP contribution is -2.35. The summed E-state index contributed by atoms with van der Waals surface area (Å²) in [6.45, 7) is 5.44. The Morgan fingerprint density at radius 2 is 1.56 bits per heavy atom. The van der Waals surface area contributed by atoms with Crippen LogP contribution in [0.5, 0.6) is 0 Å². The minimum atomic E-state index is -3.46. The van der Waals surface area contributed by atoms with Gasteiger partial charge in [0.25, 0.3) is 5.91 Å². The number of carbonyl (C=O) groups is 1. The van der Waals surface area contributed by atoms with E-state index < -0.39 is 10.0 Å². The number of anilines is 1. The van der Waals surface area contributed by atoms with Gasteiger partial charge in [-0.15, -0.1) is 0 Å². The number of nitrogens with zero attached hydrogens (tertiary/aromatic N) is 2. The summed E-state index contributed by atoms with van der Waals surface area (Å²) in [5.74, 6) is 0.000307. The lowest BCUT2D eigenvalue weighted by Gasteiger charge is -2.29. The van der Waals surface area contributed by atoms with Crippen LogP contribution >= 0.6 is 0 Å². The maximum absolute atomic E-state index is 13.0. The number of carbonyl (C=O) groups excluding carboxylic acids is 1. The van der Waals surface area contributed by atoms with Crippen LogP contribution in [-0.2, 0) is 29.5 Å². The molecule has 0 saturated heterocycles. The van der Waals surface area contributed by atoms with Crippen molar-refractivity contribution in [3.8, 4) is 0 Å². The van der Waals surface area contributed by atoms with Gasteiger partial charge in [-0.3, -0.25) is 9.10 Å². The number of fused-ring (bicyclic) bond motifs is 1. The van der Waals surface area contributed by atoms with Gasteiger partial charge in [0.05, 0.1) is 18.5 Å². The van der Waals surface area contributed by atoms with Crippen molar-refractivity contribution in [2.24, 2.45) is 0 Å². The Morgan fingerprint density at radius 1 is 0.938 bits per heavy atom. The van der Waals surface area contributed by atoms with Crippen molar-refractivity contribution in [2.75, 3.05) is 17.1 Å². The van der Waals surface area contributed by atoms with Crippen molar-refractivity contribution in [3.63, 3.8) is 0 Å². The van der Waals surface area contributed by atoms with Crippen molar-refractivity contribution in [1.82, 2.24) is 4.90 Å². The molecule has 32 heavy (non-hydrogen) atoms. The van der Waals surface area contributed by atoms with Crippen molar-refractivity contribution >= 4 is 21.6 Å². The van der Waals surface area contributed by atoms with Crippen LogP contribution < -0.4 is 4.31 Å². The summed E-state index contributed by atoms with van der Waals surface area (Å²) in [6.07, 6.45) is 2.08. The van der Waals surface area contributed by atoms with Crippen LogP contribution in [0.1, 0.15) is 38.2 Å². The van der Waals surface area contributed by atoms with Gasteiger partial charge in [0.15, 0.2) is 0 Å². The van der Waals surface area contributed by atoms with Crippen molar-refractivity contribution in [2.45, 2.75) is 33.4 Å². The molecular formula is C26H28N2O3S. The van der Waals surface area contributed by atoms with E-state index in [1.807, 2.05) is 61.2 Å². The number of hydrogen-bond acceptors (Lipinski definition) is 3. The maximum Gasteiger partial charge on any atom is 0.254 e. The molecule has 0 bridgehead atoms. The van der Waals surface area contributed by atoms with E-state index in [9.17, 15) is 13.2 Å². The van der Waals surface area contributed by atoms with Gasteiger partial charge in [-0.25, -0.2) is 8.42 Å². The average Bonchev–Trinajstić information content (AvgIpc) is 2.75. The second-order valence-corrected chi connectivity index (χ2v) is 10.5. The molecule has 0 atom stereocenters. The standard InChI is InChI=1S/C26H28N2O3S/c1-19-14-20(2)16-25(15-19)28(32(3,30)31)17-21-8-10-23(11-9-21)26(29)27-13-12-22-6-4-5-7-24(22)18-27/h4-11,14-16H,12-13,17-18H2,1-3H3. The van der Waals surface area contributed by atoms with Gasteiger partial charge in [-0.1, -0.05) is 42.5 Å². The van der Waals surface area contributed by atoms with Crippen LogP contribution in [-0.4, -0.2) is 32.0 Å². The molecule has 1 aliphatic rings. The van der Waals surface area contributed by atoms with Crippen LogP contribution in [0.15, 0.2) is 66.7 Å². The Bertz CT molecular complexity index is 1230. The zero-order valence-corrected chi connectivity index (χ0v) is 19.5. The molecule has 3 aromatic carbocycles. The summed E-state index contributed by atoms with van der Waals surface area (Å²) in [7, 11) is -3.46. The molecule has 0 unspecified atom stereocenters. The van der Waals surface area contributed by atoms with Crippen LogP contribution in [0, 0.1) is 13.8 Å². The Morgan fingerprint density at radius 3 is 2.19 bits per heavy atom. The quantitative estimate of drug-likeness (QED) is 0.579. The summed E-state index contributed by atoms with van der Waals surface area (Å²) >= 11 is 0. The first-order valence-electron chi connectivity index (χ1n) is 10.7. The van der Waals surface area contributed by atoms with E-state index >= 15 is 0 Å². The zero-order chi connectivity index (χ0) is 22.9. The van der Waals surface area contributed by atoms with Gasteiger partial charge in [0.1, 0.15) is 0 Å². The van der Waals surface area contributed by atoms with E-state index in [2.05, 4.69) is 12.1 Å². The van der Waals surface area contributed by atoms with Gasteiger partial charge in [0.2, 0.25) is 10.0 Å². The highest BCUT2D eigenvalue weighted by Gasteiger charge is 2.22. The molecule has 166 valence electrons. The molecule has 1 amide bonds. The van der Waals surface area contributed by atoms with E-state index in [0.29, 0.717) is 24.3 Å². The molecule has 3 aromatic rings. The largest absolute Gasteiger partial charge is 0.334 e. The molecule has 5 nitrogen and oxygen atoms in total. The molecule has 0 saturated carbocycles. The molecule has 0 aromatic heterocycles. The smallest absolute Gasteiger partial charge is 0.254 e. The normalized spacial score (nSPS) is 13.5. The number of sulfonamides is 1. The lowest BCUT2D eigenvalue weighted by molar-refractivity contribution is 0.0734. The monoisotopic (exact) mass is 448 g/mol. The number of hydrogen-bond donors (Lipinski definition) is 0. The first-order chi connectivity index (χ1) is 15.2. The number of amides is 1. The maximum atomic E-state index is 13.0. The van der Waals surface area contributed by atoms with Crippen LogP contribution in [0.2, 0.25) is 0 Å². The Hall–Kier alpha value is -3.12. The Balaban J connectivity index is 1.52. The number of rotatable bonds is 5. The van der Waals surface area contributed by atoms with Crippen LogP contribution in [0.25, 0.3) is 0 Å². The highest BCUT2D eigenvalue weighted by Crippen LogP contribution is 2.24. The van der Waals surface area contributed by atoms with E-state index in [1.54, 1.807) is 12.1 Å². The summed E-state index contributed by atoms with van der Waals surface area (Å²) in [4.78, 5) is 14.9. The van der Waals surface area contributed by atoms with E-state index in [-0.39, 0.29) is 12.5 Å². The van der Waals surface area contributed by atoms with E-state index in [1.165, 1.54) is 21.7 Å². The number of aryl methyl sites for hydroxylation is 2.